The lowest BCUT2D eigenvalue weighted by atomic mass is 9.87. The summed E-state index contributed by atoms with van der Waals surface area (Å²) >= 11 is 0. The van der Waals surface area contributed by atoms with E-state index >= 15 is 0 Å². The van der Waals surface area contributed by atoms with Gasteiger partial charge in [0.2, 0.25) is 0 Å². The summed E-state index contributed by atoms with van der Waals surface area (Å²) in [7, 11) is 0. The number of rotatable bonds is 3. The summed E-state index contributed by atoms with van der Waals surface area (Å²) in [4.78, 5) is 0. The van der Waals surface area contributed by atoms with Crippen LogP contribution in [0.4, 0.5) is 5.69 Å². The Morgan fingerprint density at radius 1 is 1.40 bits per heavy atom. The van der Waals surface area contributed by atoms with Crippen molar-refractivity contribution in [1.82, 2.24) is 9.78 Å². The van der Waals surface area contributed by atoms with E-state index in [1.807, 2.05) is 17.8 Å². The monoisotopic (exact) mass is 207 g/mol. The van der Waals surface area contributed by atoms with E-state index in [0.29, 0.717) is 0 Å². The molecule has 15 heavy (non-hydrogen) atoms. The van der Waals surface area contributed by atoms with Crippen molar-refractivity contribution in [2.45, 2.75) is 52.0 Å². The number of aryl methyl sites for hydroxylation is 2. The molecule has 1 saturated carbocycles. The average molecular weight is 207 g/mol. The van der Waals surface area contributed by atoms with Crippen molar-refractivity contribution in [2.75, 3.05) is 5.73 Å². The molecule has 1 fully saturated rings. The van der Waals surface area contributed by atoms with E-state index in [2.05, 4.69) is 5.10 Å². The van der Waals surface area contributed by atoms with Gasteiger partial charge >= 0.3 is 0 Å². The van der Waals surface area contributed by atoms with E-state index in [4.69, 9.17) is 5.73 Å². The Hall–Kier alpha value is -0.990. The number of nitrogen functional groups attached to an aromatic ring is 1. The first-order valence-corrected chi connectivity index (χ1v) is 6.05. The Morgan fingerprint density at radius 2 is 2.13 bits per heavy atom. The highest BCUT2D eigenvalue weighted by molar-refractivity contribution is 5.39. The summed E-state index contributed by atoms with van der Waals surface area (Å²) in [5, 5.41) is 4.39. The van der Waals surface area contributed by atoms with Crippen molar-refractivity contribution < 1.29 is 0 Å². The second kappa shape index (κ2) is 4.69. The molecular weight excluding hydrogens is 186 g/mol. The zero-order valence-electron chi connectivity index (χ0n) is 9.58. The standard InChI is InChI=1S/C12H21N3/c1-10-12(13)9-15(14-10)8-7-11-5-3-2-4-6-11/h9,11H,2-8,13H2,1H3. The molecule has 1 heterocycles. The Morgan fingerprint density at radius 3 is 2.73 bits per heavy atom. The van der Waals surface area contributed by atoms with Crippen molar-refractivity contribution in [3.8, 4) is 0 Å². The normalized spacial score (nSPS) is 18.2. The molecule has 0 amide bonds. The lowest BCUT2D eigenvalue weighted by molar-refractivity contribution is 0.318. The number of aromatic nitrogens is 2. The highest BCUT2D eigenvalue weighted by atomic mass is 15.3. The quantitative estimate of drug-likeness (QED) is 0.828. The zero-order valence-corrected chi connectivity index (χ0v) is 9.58. The predicted octanol–water partition coefficient (Wildman–Crippen LogP) is 2.74. The molecule has 2 N–H and O–H groups in total. The Bertz CT molecular complexity index is 291. The topological polar surface area (TPSA) is 43.8 Å². The van der Waals surface area contributed by atoms with E-state index in [1.54, 1.807) is 0 Å². The molecule has 1 aliphatic carbocycles. The maximum Gasteiger partial charge on any atom is 0.0822 e. The largest absolute Gasteiger partial charge is 0.396 e. The van der Waals surface area contributed by atoms with E-state index < -0.39 is 0 Å². The summed E-state index contributed by atoms with van der Waals surface area (Å²) in [6.45, 7) is 3.00. The van der Waals surface area contributed by atoms with Gasteiger partial charge in [0.05, 0.1) is 11.4 Å². The summed E-state index contributed by atoms with van der Waals surface area (Å²) in [5.41, 5.74) is 7.54. The van der Waals surface area contributed by atoms with Crippen molar-refractivity contribution in [3.05, 3.63) is 11.9 Å². The van der Waals surface area contributed by atoms with Gasteiger partial charge in [-0.1, -0.05) is 32.1 Å². The molecule has 0 aliphatic heterocycles. The molecule has 3 heteroatoms. The minimum Gasteiger partial charge on any atom is -0.396 e. The number of nitrogens with two attached hydrogens (primary N) is 1. The fourth-order valence-electron chi connectivity index (χ4n) is 2.44. The van der Waals surface area contributed by atoms with Gasteiger partial charge in [-0.05, 0) is 19.3 Å². The predicted molar refractivity (Wildman–Crippen MR) is 62.6 cm³/mol. The van der Waals surface area contributed by atoms with Gasteiger partial charge in [-0.3, -0.25) is 4.68 Å². The fourth-order valence-corrected chi connectivity index (χ4v) is 2.44. The van der Waals surface area contributed by atoms with E-state index in [1.165, 1.54) is 38.5 Å². The van der Waals surface area contributed by atoms with Crippen LogP contribution in [0.25, 0.3) is 0 Å². The third-order valence-electron chi connectivity index (χ3n) is 3.48. The van der Waals surface area contributed by atoms with Gasteiger partial charge in [0.1, 0.15) is 0 Å². The van der Waals surface area contributed by atoms with E-state index in [0.717, 1.165) is 23.8 Å². The molecule has 1 aliphatic rings. The van der Waals surface area contributed by atoms with Crippen molar-refractivity contribution in [3.63, 3.8) is 0 Å². The number of hydrogen-bond donors (Lipinski definition) is 1. The molecule has 0 saturated heterocycles. The Kier molecular flexibility index (Phi) is 3.29. The van der Waals surface area contributed by atoms with E-state index in [-0.39, 0.29) is 0 Å². The van der Waals surface area contributed by atoms with Gasteiger partial charge in [0, 0.05) is 12.7 Å². The molecule has 84 valence electrons. The van der Waals surface area contributed by atoms with Crippen LogP contribution in [-0.2, 0) is 6.54 Å². The highest BCUT2D eigenvalue weighted by Crippen LogP contribution is 2.26. The van der Waals surface area contributed by atoms with Crippen molar-refractivity contribution >= 4 is 5.69 Å². The number of nitrogens with zero attached hydrogens (tertiary/aromatic N) is 2. The smallest absolute Gasteiger partial charge is 0.0822 e. The van der Waals surface area contributed by atoms with Crippen LogP contribution in [-0.4, -0.2) is 9.78 Å². The third kappa shape index (κ3) is 2.74. The lowest BCUT2D eigenvalue weighted by Gasteiger charge is -2.21. The summed E-state index contributed by atoms with van der Waals surface area (Å²) in [6.07, 6.45) is 10.3. The lowest BCUT2D eigenvalue weighted by Crippen LogP contribution is -2.10. The molecule has 1 aromatic heterocycles. The number of hydrogen-bond acceptors (Lipinski definition) is 2. The van der Waals surface area contributed by atoms with Crippen LogP contribution in [0.2, 0.25) is 0 Å². The Balaban J connectivity index is 1.81. The SMILES string of the molecule is Cc1nn(CCC2CCCCC2)cc1N. The summed E-state index contributed by atoms with van der Waals surface area (Å²) in [6, 6.07) is 0. The molecule has 0 unspecified atom stereocenters. The molecule has 0 atom stereocenters. The van der Waals surface area contributed by atoms with Crippen molar-refractivity contribution in [1.29, 1.82) is 0 Å². The molecular formula is C12H21N3. The fraction of sp³-hybridized carbons (Fsp3) is 0.750. The van der Waals surface area contributed by atoms with Gasteiger partial charge in [-0.2, -0.15) is 5.10 Å². The highest BCUT2D eigenvalue weighted by Gasteiger charge is 2.13. The van der Waals surface area contributed by atoms with Crippen LogP contribution in [0.1, 0.15) is 44.2 Å². The first kappa shape index (κ1) is 10.5. The average Bonchev–Trinajstić information content (AvgIpc) is 2.57. The van der Waals surface area contributed by atoms with Crippen LogP contribution in [0, 0.1) is 12.8 Å². The van der Waals surface area contributed by atoms with Crippen LogP contribution in [0.15, 0.2) is 6.20 Å². The second-order valence-electron chi connectivity index (χ2n) is 4.73. The van der Waals surface area contributed by atoms with Gasteiger partial charge < -0.3 is 5.73 Å². The third-order valence-corrected chi connectivity index (χ3v) is 3.48. The molecule has 2 rings (SSSR count). The molecule has 0 spiro atoms. The molecule has 0 radical (unpaired) electrons. The zero-order chi connectivity index (χ0) is 10.7. The van der Waals surface area contributed by atoms with Crippen molar-refractivity contribution in [2.24, 2.45) is 5.92 Å². The maximum absolute atomic E-state index is 5.77. The van der Waals surface area contributed by atoms with Crippen LogP contribution in [0.5, 0.6) is 0 Å². The second-order valence-corrected chi connectivity index (χ2v) is 4.73. The van der Waals surface area contributed by atoms with Gasteiger partial charge in [-0.25, -0.2) is 0 Å². The van der Waals surface area contributed by atoms with Crippen LogP contribution >= 0.6 is 0 Å². The number of anilines is 1. The van der Waals surface area contributed by atoms with Crippen LogP contribution in [0.3, 0.4) is 0 Å². The minimum atomic E-state index is 0.818. The molecule has 0 bridgehead atoms. The maximum atomic E-state index is 5.77. The first-order valence-electron chi connectivity index (χ1n) is 6.05. The molecule has 1 aromatic rings. The summed E-state index contributed by atoms with van der Waals surface area (Å²) in [5.74, 6) is 0.921. The first-order chi connectivity index (χ1) is 7.25. The van der Waals surface area contributed by atoms with E-state index in [9.17, 15) is 0 Å². The summed E-state index contributed by atoms with van der Waals surface area (Å²) < 4.78 is 2.00. The van der Waals surface area contributed by atoms with Crippen LogP contribution < -0.4 is 5.73 Å². The van der Waals surface area contributed by atoms with Gasteiger partial charge in [0.15, 0.2) is 0 Å². The molecule has 3 nitrogen and oxygen atoms in total. The molecule has 0 aromatic carbocycles. The van der Waals surface area contributed by atoms with Gasteiger partial charge in [0.25, 0.3) is 0 Å². The minimum absolute atomic E-state index is 0.818. The Labute approximate surface area is 91.7 Å². The van der Waals surface area contributed by atoms with Gasteiger partial charge in [-0.15, -0.1) is 0 Å².